The van der Waals surface area contributed by atoms with Crippen LogP contribution >= 0.6 is 12.2 Å². The Labute approximate surface area is 192 Å². The lowest BCUT2D eigenvalue weighted by Gasteiger charge is -2.29. The van der Waals surface area contributed by atoms with E-state index in [-0.39, 0.29) is 12.1 Å². The number of methoxy groups -OCH3 is 1. The summed E-state index contributed by atoms with van der Waals surface area (Å²) in [5, 5.41) is 4.21. The van der Waals surface area contributed by atoms with E-state index in [0.717, 1.165) is 28.4 Å². The Morgan fingerprint density at radius 3 is 2.66 bits per heavy atom. The maximum atomic E-state index is 5.81. The second-order valence-corrected chi connectivity index (χ2v) is 7.98. The Balaban J connectivity index is 1.62. The van der Waals surface area contributed by atoms with Gasteiger partial charge in [-0.1, -0.05) is 24.3 Å². The number of thiocarbonyl (C=S) groups is 1. The number of hydrogen-bond acceptors (Lipinski definition) is 4. The number of nitrogens with one attached hydrogen (secondary N) is 1. The monoisotopic (exact) mass is 441 g/mol. The van der Waals surface area contributed by atoms with Crippen LogP contribution in [0.25, 0.3) is 5.69 Å². The van der Waals surface area contributed by atoms with E-state index >= 15 is 0 Å². The third-order valence-corrected chi connectivity index (χ3v) is 6.05. The molecule has 1 aromatic carbocycles. The number of hydrogen-bond donors (Lipinski definition) is 1. The lowest BCUT2D eigenvalue weighted by molar-refractivity contribution is 0.301. The Hall–Kier alpha value is -3.71. The van der Waals surface area contributed by atoms with Gasteiger partial charge in [-0.2, -0.15) is 0 Å². The smallest absolute Gasteiger partial charge is 0.170 e. The number of nitrogens with zero attached hydrogens (tertiary/aromatic N) is 4. The van der Waals surface area contributed by atoms with E-state index in [9.17, 15) is 0 Å². The molecule has 160 valence electrons. The third-order valence-electron chi connectivity index (χ3n) is 5.70. The molecule has 2 atom stereocenters. The summed E-state index contributed by atoms with van der Waals surface area (Å²) < 4.78 is 7.82. The van der Waals surface area contributed by atoms with Crippen molar-refractivity contribution in [2.45, 2.75) is 18.6 Å². The first-order valence-electron chi connectivity index (χ1n) is 10.4. The molecule has 6 nitrogen and oxygen atoms in total. The predicted molar refractivity (Wildman–Crippen MR) is 128 cm³/mol. The molecule has 0 bridgehead atoms. The number of benzene rings is 1. The zero-order valence-corrected chi connectivity index (χ0v) is 18.4. The van der Waals surface area contributed by atoms with Crippen molar-refractivity contribution in [1.29, 1.82) is 0 Å². The molecule has 1 saturated heterocycles. The number of ether oxygens (including phenoxy) is 1. The van der Waals surface area contributed by atoms with Crippen molar-refractivity contribution < 1.29 is 4.74 Å². The van der Waals surface area contributed by atoms with Crippen molar-refractivity contribution in [3.63, 3.8) is 0 Å². The summed E-state index contributed by atoms with van der Waals surface area (Å²) in [6.07, 6.45) is 7.55. The number of aromatic nitrogens is 3. The lowest BCUT2D eigenvalue weighted by Crippen LogP contribution is -2.30. The molecule has 1 N–H and O–H groups in total. The average Bonchev–Trinajstić information content (AvgIpc) is 3.45. The van der Waals surface area contributed by atoms with Gasteiger partial charge in [0, 0.05) is 37.0 Å². The number of rotatable bonds is 6. The van der Waals surface area contributed by atoms with E-state index in [2.05, 4.69) is 55.2 Å². The summed E-state index contributed by atoms with van der Waals surface area (Å²) in [5.41, 5.74) is 4.12. The van der Waals surface area contributed by atoms with Gasteiger partial charge < -0.3 is 19.5 Å². The van der Waals surface area contributed by atoms with Gasteiger partial charge in [-0.3, -0.25) is 9.97 Å². The Morgan fingerprint density at radius 2 is 1.88 bits per heavy atom. The first-order chi connectivity index (χ1) is 15.8. The predicted octanol–water partition coefficient (Wildman–Crippen LogP) is 4.45. The fourth-order valence-electron chi connectivity index (χ4n) is 4.27. The van der Waals surface area contributed by atoms with Crippen molar-refractivity contribution in [2.24, 2.45) is 0 Å². The summed E-state index contributed by atoms with van der Waals surface area (Å²) in [7, 11) is 1.69. The van der Waals surface area contributed by atoms with Crippen LogP contribution in [0.1, 0.15) is 29.0 Å². The van der Waals surface area contributed by atoms with Gasteiger partial charge in [0.25, 0.3) is 0 Å². The van der Waals surface area contributed by atoms with E-state index in [0.29, 0.717) is 11.7 Å². The zero-order chi connectivity index (χ0) is 21.9. The van der Waals surface area contributed by atoms with Gasteiger partial charge in [-0.15, -0.1) is 0 Å². The van der Waals surface area contributed by atoms with Crippen LogP contribution in [0.4, 0.5) is 0 Å². The van der Waals surface area contributed by atoms with Gasteiger partial charge >= 0.3 is 0 Å². The van der Waals surface area contributed by atoms with Crippen LogP contribution < -0.4 is 10.1 Å². The van der Waals surface area contributed by atoms with Crippen LogP contribution in [0, 0.1) is 0 Å². The molecule has 1 aliphatic heterocycles. The molecule has 0 amide bonds. The fourth-order valence-corrected chi connectivity index (χ4v) is 4.57. The van der Waals surface area contributed by atoms with Crippen LogP contribution in [0.15, 0.2) is 91.5 Å². The largest absolute Gasteiger partial charge is 0.495 e. The second kappa shape index (κ2) is 8.80. The minimum atomic E-state index is -0.0938. The van der Waals surface area contributed by atoms with Crippen molar-refractivity contribution in [3.8, 4) is 11.4 Å². The quantitative estimate of drug-likeness (QED) is 0.446. The highest BCUT2D eigenvalue weighted by Gasteiger charge is 2.41. The minimum Gasteiger partial charge on any atom is -0.495 e. The van der Waals surface area contributed by atoms with Gasteiger partial charge in [0.05, 0.1) is 30.6 Å². The first-order valence-corrected chi connectivity index (χ1v) is 10.8. The molecule has 5 rings (SSSR count). The highest BCUT2D eigenvalue weighted by molar-refractivity contribution is 7.80. The van der Waals surface area contributed by atoms with Crippen molar-refractivity contribution in [1.82, 2.24) is 24.8 Å². The Bertz CT molecular complexity index is 1210. The van der Waals surface area contributed by atoms with Crippen molar-refractivity contribution in [2.75, 3.05) is 7.11 Å². The van der Waals surface area contributed by atoms with Crippen LogP contribution in [-0.2, 0) is 6.54 Å². The molecule has 0 unspecified atom stereocenters. The molecule has 0 spiro atoms. The van der Waals surface area contributed by atoms with Gasteiger partial charge in [-0.25, -0.2) is 0 Å². The van der Waals surface area contributed by atoms with Gasteiger partial charge in [0.1, 0.15) is 5.75 Å². The maximum Gasteiger partial charge on any atom is 0.170 e. The maximum absolute atomic E-state index is 5.81. The van der Waals surface area contributed by atoms with Gasteiger partial charge in [0.2, 0.25) is 0 Å². The molecule has 32 heavy (non-hydrogen) atoms. The molecule has 0 saturated carbocycles. The lowest BCUT2D eigenvalue weighted by atomic mass is 10.0. The van der Waals surface area contributed by atoms with E-state index in [1.54, 1.807) is 13.3 Å². The molecule has 4 heterocycles. The van der Waals surface area contributed by atoms with Gasteiger partial charge in [0.15, 0.2) is 5.11 Å². The Morgan fingerprint density at radius 1 is 1.00 bits per heavy atom. The zero-order valence-electron chi connectivity index (χ0n) is 17.6. The second-order valence-electron chi connectivity index (χ2n) is 7.59. The summed E-state index contributed by atoms with van der Waals surface area (Å²) in [5.74, 6) is 0.812. The summed E-state index contributed by atoms with van der Waals surface area (Å²) in [6, 6.07) is 22.0. The highest BCUT2D eigenvalue weighted by atomic mass is 32.1. The molecule has 4 aromatic rings. The number of pyridine rings is 2. The molecule has 7 heteroatoms. The molecule has 1 fully saturated rings. The first kappa shape index (κ1) is 20.2. The minimum absolute atomic E-state index is 0.0717. The van der Waals surface area contributed by atoms with Crippen molar-refractivity contribution in [3.05, 3.63) is 108 Å². The van der Waals surface area contributed by atoms with E-state index in [4.69, 9.17) is 17.0 Å². The van der Waals surface area contributed by atoms with Gasteiger partial charge in [-0.05, 0) is 60.2 Å². The van der Waals surface area contributed by atoms with Crippen LogP contribution in [0.5, 0.6) is 5.75 Å². The van der Waals surface area contributed by atoms with Crippen molar-refractivity contribution >= 4 is 17.3 Å². The van der Waals surface area contributed by atoms with E-state index in [1.807, 2.05) is 54.9 Å². The molecule has 0 radical (unpaired) electrons. The third kappa shape index (κ3) is 3.71. The molecule has 0 aliphatic carbocycles. The normalized spacial score (nSPS) is 17.9. The molecule has 1 aliphatic rings. The summed E-state index contributed by atoms with van der Waals surface area (Å²) in [4.78, 5) is 11.1. The summed E-state index contributed by atoms with van der Waals surface area (Å²) >= 11 is 5.81. The average molecular weight is 442 g/mol. The molecule has 3 aromatic heterocycles. The Kier molecular flexibility index (Phi) is 5.56. The van der Waals surface area contributed by atoms with Crippen LogP contribution in [0.2, 0.25) is 0 Å². The fraction of sp³-hybridized carbons (Fsp3) is 0.160. The standard InChI is InChI=1S/C25H23N5OS/c1-31-22-12-3-2-10-20(22)29-15-7-11-21(29)24-23(19-9-4-5-14-27-19)28-25(32)30(24)17-18-8-6-13-26-16-18/h2-16,23-24H,17H2,1H3,(H,28,32)/t23-,24-/m0/s1. The molecular formula is C25H23N5OS. The number of para-hydroxylation sites is 2. The van der Waals surface area contributed by atoms with E-state index in [1.165, 1.54) is 0 Å². The summed E-state index contributed by atoms with van der Waals surface area (Å²) in [6.45, 7) is 0.644. The van der Waals surface area contributed by atoms with Crippen LogP contribution in [0.3, 0.4) is 0 Å². The topological polar surface area (TPSA) is 55.2 Å². The molecular weight excluding hydrogens is 418 g/mol. The SMILES string of the molecule is COc1ccccc1-n1cccc1[C@H]1[C@H](c2ccccn2)NC(=S)N1Cc1cccnc1. The van der Waals surface area contributed by atoms with Crippen LogP contribution in [-0.4, -0.2) is 31.7 Å². The highest BCUT2D eigenvalue weighted by Crippen LogP contribution is 2.41. The van der Waals surface area contributed by atoms with E-state index < -0.39 is 0 Å².